The molecule has 0 radical (unpaired) electrons. The van der Waals surface area contributed by atoms with Crippen molar-refractivity contribution in [1.82, 2.24) is 9.80 Å². The highest BCUT2D eigenvalue weighted by molar-refractivity contribution is 5.77. The first kappa shape index (κ1) is 21.4. The predicted octanol–water partition coefficient (Wildman–Crippen LogP) is 4.47. The highest BCUT2D eigenvalue weighted by atomic mass is 19.1. The van der Waals surface area contributed by atoms with Crippen molar-refractivity contribution in [3.8, 4) is 0 Å². The summed E-state index contributed by atoms with van der Waals surface area (Å²) in [6, 6.07) is 18.2. The summed E-state index contributed by atoms with van der Waals surface area (Å²) in [5.41, 5.74) is 1.96. The van der Waals surface area contributed by atoms with E-state index < -0.39 is 24.4 Å². The Kier molecular flexibility index (Phi) is 6.18. The van der Waals surface area contributed by atoms with Gasteiger partial charge < -0.3 is 14.9 Å². The van der Waals surface area contributed by atoms with E-state index in [0.29, 0.717) is 31.3 Å². The average molecular weight is 437 g/mol. The first-order valence-electron chi connectivity index (χ1n) is 12.1. The Hall–Kier alpha value is -2.40. The molecule has 4 atom stereocenters. The smallest absolute Gasteiger partial charge is 0.320 e. The molecule has 1 saturated heterocycles. The van der Waals surface area contributed by atoms with E-state index in [9.17, 15) is 9.90 Å². The van der Waals surface area contributed by atoms with E-state index in [0.717, 1.165) is 36.8 Å². The zero-order valence-electron chi connectivity index (χ0n) is 18.5. The van der Waals surface area contributed by atoms with Crippen LogP contribution in [0.2, 0.25) is 0 Å². The Morgan fingerprint density at radius 2 is 1.38 bits per heavy atom. The lowest BCUT2D eigenvalue weighted by atomic mass is 9.87. The zero-order valence-corrected chi connectivity index (χ0v) is 18.5. The molecule has 2 aliphatic carbocycles. The Labute approximate surface area is 190 Å². The predicted molar refractivity (Wildman–Crippen MR) is 123 cm³/mol. The third-order valence-electron chi connectivity index (χ3n) is 7.23. The zero-order chi connectivity index (χ0) is 22.1. The van der Waals surface area contributed by atoms with Crippen LogP contribution in [-0.2, 0) is 12.8 Å². The van der Waals surface area contributed by atoms with Gasteiger partial charge in [-0.05, 0) is 55.1 Å². The van der Waals surface area contributed by atoms with E-state index in [1.165, 1.54) is 0 Å². The van der Waals surface area contributed by atoms with Crippen molar-refractivity contribution in [2.45, 2.75) is 62.9 Å². The Morgan fingerprint density at radius 3 is 1.94 bits per heavy atom. The highest BCUT2D eigenvalue weighted by Crippen LogP contribution is 2.38. The number of alkyl halides is 1. The second-order valence-electron chi connectivity index (χ2n) is 9.92. The Balaban J connectivity index is 1.44. The van der Waals surface area contributed by atoms with Gasteiger partial charge in [0, 0.05) is 19.5 Å². The van der Waals surface area contributed by atoms with Gasteiger partial charge in [-0.2, -0.15) is 0 Å². The molecule has 1 aliphatic heterocycles. The molecule has 1 heterocycles. The van der Waals surface area contributed by atoms with Gasteiger partial charge in [-0.15, -0.1) is 0 Å². The van der Waals surface area contributed by atoms with Crippen molar-refractivity contribution < 1.29 is 14.3 Å². The van der Waals surface area contributed by atoms with Crippen LogP contribution in [0.4, 0.5) is 9.18 Å². The van der Waals surface area contributed by atoms with Crippen LogP contribution in [0.1, 0.15) is 36.8 Å². The van der Waals surface area contributed by atoms with Crippen molar-refractivity contribution in [2.75, 3.05) is 13.1 Å². The SMILES string of the molecule is O=C1N(CC2CC2)[C@H](Cc2ccccc2)[C@H](O)[C@@H](C(F)Cc2ccccc2)N1CC1CC1. The molecule has 5 heteroatoms. The van der Waals surface area contributed by atoms with Crippen LogP contribution < -0.4 is 0 Å². The molecule has 32 heavy (non-hydrogen) atoms. The molecule has 5 rings (SSSR count). The molecule has 2 amide bonds. The molecule has 2 aromatic rings. The van der Waals surface area contributed by atoms with E-state index in [-0.39, 0.29) is 12.5 Å². The maximum atomic E-state index is 15.9. The minimum absolute atomic E-state index is 0.0873. The van der Waals surface area contributed by atoms with E-state index in [1.54, 1.807) is 4.90 Å². The van der Waals surface area contributed by atoms with Crippen molar-refractivity contribution in [3.63, 3.8) is 0 Å². The van der Waals surface area contributed by atoms with Crippen molar-refractivity contribution in [1.29, 1.82) is 0 Å². The van der Waals surface area contributed by atoms with Gasteiger partial charge >= 0.3 is 6.03 Å². The fourth-order valence-electron chi connectivity index (χ4n) is 5.06. The van der Waals surface area contributed by atoms with E-state index >= 15 is 4.39 Å². The van der Waals surface area contributed by atoms with Crippen LogP contribution in [0.25, 0.3) is 0 Å². The number of halogens is 1. The molecule has 3 fully saturated rings. The molecule has 0 spiro atoms. The topological polar surface area (TPSA) is 43.8 Å². The molecule has 4 nitrogen and oxygen atoms in total. The summed E-state index contributed by atoms with van der Waals surface area (Å²) in [7, 11) is 0. The van der Waals surface area contributed by atoms with Gasteiger partial charge in [-0.3, -0.25) is 0 Å². The van der Waals surface area contributed by atoms with Crippen LogP contribution in [-0.4, -0.2) is 58.4 Å². The summed E-state index contributed by atoms with van der Waals surface area (Å²) >= 11 is 0. The van der Waals surface area contributed by atoms with Crippen molar-refractivity contribution in [2.24, 2.45) is 11.8 Å². The lowest BCUT2D eigenvalue weighted by Gasteiger charge is -2.50. The largest absolute Gasteiger partial charge is 0.389 e. The number of nitrogens with zero attached hydrogens (tertiary/aromatic N) is 2. The molecular weight excluding hydrogens is 403 g/mol. The van der Waals surface area contributed by atoms with E-state index in [1.807, 2.05) is 65.6 Å². The number of aliphatic hydroxyl groups excluding tert-OH is 1. The molecule has 1 unspecified atom stereocenters. The van der Waals surface area contributed by atoms with Gasteiger partial charge in [0.25, 0.3) is 0 Å². The fraction of sp³-hybridized carbons (Fsp3) is 0.519. The summed E-state index contributed by atoms with van der Waals surface area (Å²) in [4.78, 5) is 17.3. The third-order valence-corrected chi connectivity index (χ3v) is 7.23. The first-order valence-corrected chi connectivity index (χ1v) is 12.1. The average Bonchev–Trinajstić information content (AvgIpc) is 3.72. The van der Waals surface area contributed by atoms with Gasteiger partial charge in [-0.25, -0.2) is 9.18 Å². The van der Waals surface area contributed by atoms with Crippen LogP contribution in [0.15, 0.2) is 60.7 Å². The lowest BCUT2D eigenvalue weighted by molar-refractivity contribution is -0.0642. The quantitative estimate of drug-likeness (QED) is 0.631. The molecule has 0 aromatic heterocycles. The minimum Gasteiger partial charge on any atom is -0.389 e. The Bertz CT molecular complexity index is 900. The number of benzene rings is 2. The van der Waals surface area contributed by atoms with E-state index in [2.05, 4.69) is 0 Å². The molecule has 2 saturated carbocycles. The summed E-state index contributed by atoms with van der Waals surface area (Å²) in [5.74, 6) is 0.945. The monoisotopic (exact) mass is 436 g/mol. The lowest BCUT2D eigenvalue weighted by Crippen LogP contribution is -2.69. The summed E-state index contributed by atoms with van der Waals surface area (Å²) < 4.78 is 15.9. The molecule has 170 valence electrons. The maximum absolute atomic E-state index is 15.9. The summed E-state index contributed by atoms with van der Waals surface area (Å²) in [6.45, 7) is 1.21. The number of carbonyl (C=O) groups excluding carboxylic acids is 1. The first-order chi connectivity index (χ1) is 15.6. The van der Waals surface area contributed by atoms with Crippen molar-refractivity contribution in [3.05, 3.63) is 71.8 Å². The van der Waals surface area contributed by atoms with Crippen LogP contribution >= 0.6 is 0 Å². The number of aliphatic hydroxyl groups is 1. The number of hydrogen-bond donors (Lipinski definition) is 1. The van der Waals surface area contributed by atoms with E-state index in [4.69, 9.17) is 0 Å². The van der Waals surface area contributed by atoms with Crippen LogP contribution in [0.3, 0.4) is 0 Å². The van der Waals surface area contributed by atoms with Gasteiger partial charge in [0.15, 0.2) is 0 Å². The molecule has 1 N–H and O–H groups in total. The minimum atomic E-state index is -1.31. The van der Waals surface area contributed by atoms with Gasteiger partial charge in [0.1, 0.15) is 6.17 Å². The number of urea groups is 1. The fourth-order valence-corrected chi connectivity index (χ4v) is 5.06. The summed E-state index contributed by atoms with van der Waals surface area (Å²) in [6.07, 6.45) is 2.94. The second-order valence-corrected chi connectivity index (χ2v) is 9.92. The Morgan fingerprint density at radius 1 is 0.844 bits per heavy atom. The van der Waals surface area contributed by atoms with Crippen LogP contribution in [0.5, 0.6) is 0 Å². The van der Waals surface area contributed by atoms with Gasteiger partial charge in [0.2, 0.25) is 0 Å². The standard InChI is InChI=1S/C27H33FN2O2/c28-23(15-19-7-3-1-4-8-19)25-26(31)24(16-20-9-5-2-6-10-20)29(17-21-11-12-21)27(32)30(25)18-22-13-14-22/h1-10,21-26,31H,11-18H2/t23?,24-,25-,26+/m1/s1. The highest BCUT2D eigenvalue weighted by Gasteiger charge is 2.51. The number of carbonyl (C=O) groups is 1. The molecule has 2 aromatic carbocycles. The van der Waals surface area contributed by atoms with Gasteiger partial charge in [0.05, 0.1) is 18.2 Å². The normalized spacial score (nSPS) is 26.9. The third kappa shape index (κ3) is 4.83. The number of hydrogen-bond acceptors (Lipinski definition) is 2. The second kappa shape index (κ2) is 9.22. The summed E-state index contributed by atoms with van der Waals surface area (Å²) in [5, 5.41) is 11.6. The molecule has 3 aliphatic rings. The number of rotatable bonds is 9. The molecule has 0 bridgehead atoms. The number of amides is 2. The molecular formula is C27H33FN2O2. The van der Waals surface area contributed by atoms with Gasteiger partial charge in [-0.1, -0.05) is 60.7 Å². The van der Waals surface area contributed by atoms with Crippen LogP contribution in [0, 0.1) is 11.8 Å². The maximum Gasteiger partial charge on any atom is 0.320 e. The van der Waals surface area contributed by atoms with Crippen molar-refractivity contribution >= 4 is 6.03 Å².